The van der Waals surface area contributed by atoms with Gasteiger partial charge in [-0.2, -0.15) is 0 Å². The molecule has 3 nitrogen and oxygen atoms in total. The molecule has 1 aliphatic heterocycles. The first kappa shape index (κ1) is 20.6. The molecule has 1 aliphatic rings. The van der Waals surface area contributed by atoms with E-state index in [0.29, 0.717) is 13.1 Å². The van der Waals surface area contributed by atoms with Gasteiger partial charge in [0.1, 0.15) is 5.82 Å². The normalized spacial score (nSPS) is 15.7. The molecule has 0 fully saturated rings. The number of nitrogens with zero attached hydrogens (tertiary/aromatic N) is 1. The number of fused-ring (bicyclic) bond motifs is 1. The van der Waals surface area contributed by atoms with Crippen molar-refractivity contribution in [1.82, 2.24) is 10.2 Å². The molecular formula is C25H27FN2OS. The van der Waals surface area contributed by atoms with E-state index in [1.165, 1.54) is 38.6 Å². The Bertz CT molecular complexity index is 1010. The Hall–Kier alpha value is -2.66. The Morgan fingerprint density at radius 2 is 1.90 bits per heavy atom. The summed E-state index contributed by atoms with van der Waals surface area (Å²) in [6.45, 7) is 5.60. The van der Waals surface area contributed by atoms with Gasteiger partial charge in [-0.15, -0.1) is 11.3 Å². The number of carbonyl (C=O) groups excluding carboxylic acids is 1. The zero-order chi connectivity index (χ0) is 21.1. The number of aryl methyl sites for hydroxylation is 1. The Balaban J connectivity index is 1.59. The predicted molar refractivity (Wildman–Crippen MR) is 121 cm³/mol. The van der Waals surface area contributed by atoms with E-state index in [1.54, 1.807) is 23.5 Å². The first-order valence-electron chi connectivity index (χ1n) is 10.5. The third-order valence-electron chi connectivity index (χ3n) is 5.85. The molecule has 4 rings (SSSR count). The number of halogens is 1. The van der Waals surface area contributed by atoms with Gasteiger partial charge in [-0.3, -0.25) is 0 Å². The summed E-state index contributed by atoms with van der Waals surface area (Å²) in [5.74, 6) is -0.259. The van der Waals surface area contributed by atoms with Crippen LogP contribution < -0.4 is 5.32 Å². The lowest BCUT2D eigenvalue weighted by Crippen LogP contribution is -2.46. The van der Waals surface area contributed by atoms with E-state index in [1.807, 2.05) is 23.1 Å². The van der Waals surface area contributed by atoms with E-state index < -0.39 is 0 Å². The molecule has 1 atom stereocenters. The number of urea groups is 1. The fourth-order valence-electron chi connectivity index (χ4n) is 4.36. The third-order valence-corrected chi connectivity index (χ3v) is 7.09. The third kappa shape index (κ3) is 4.12. The van der Waals surface area contributed by atoms with Crippen LogP contribution in [-0.4, -0.2) is 24.0 Å². The van der Waals surface area contributed by atoms with Crippen molar-refractivity contribution in [2.75, 3.05) is 13.1 Å². The van der Waals surface area contributed by atoms with Crippen LogP contribution in [0.2, 0.25) is 0 Å². The van der Waals surface area contributed by atoms with Gasteiger partial charge in [-0.1, -0.05) is 49.4 Å². The van der Waals surface area contributed by atoms with Crippen molar-refractivity contribution in [3.05, 3.63) is 92.4 Å². The van der Waals surface area contributed by atoms with Crippen LogP contribution in [0.25, 0.3) is 0 Å². The number of hydrogen-bond acceptors (Lipinski definition) is 2. The highest BCUT2D eigenvalue weighted by Crippen LogP contribution is 2.42. The maximum Gasteiger partial charge on any atom is 0.318 e. The van der Waals surface area contributed by atoms with E-state index in [4.69, 9.17) is 0 Å². The molecule has 2 aromatic carbocycles. The topological polar surface area (TPSA) is 32.3 Å². The molecule has 3 aromatic rings. The van der Waals surface area contributed by atoms with Crippen LogP contribution in [0.3, 0.4) is 0 Å². The van der Waals surface area contributed by atoms with E-state index in [2.05, 4.69) is 31.3 Å². The molecule has 5 heteroatoms. The van der Waals surface area contributed by atoms with Crippen molar-refractivity contribution < 1.29 is 9.18 Å². The number of hydrogen-bond donors (Lipinski definition) is 1. The van der Waals surface area contributed by atoms with Gasteiger partial charge in [0.25, 0.3) is 0 Å². The number of benzene rings is 2. The SMILES string of the molecule is CCc1c(C)sc2c1CCN(C(=O)NCCc1ccccc1)[C@H]2c1ccc(F)cc1. The summed E-state index contributed by atoms with van der Waals surface area (Å²) in [4.78, 5) is 17.6. The van der Waals surface area contributed by atoms with Crippen molar-refractivity contribution in [2.24, 2.45) is 0 Å². The second-order valence-corrected chi connectivity index (χ2v) is 8.95. The van der Waals surface area contributed by atoms with Crippen LogP contribution in [0.1, 0.15) is 45.0 Å². The molecule has 0 aliphatic carbocycles. The number of nitrogens with one attached hydrogen (secondary N) is 1. The van der Waals surface area contributed by atoms with Gasteiger partial charge in [0.15, 0.2) is 0 Å². The average Bonchev–Trinajstić information content (AvgIpc) is 3.09. The molecule has 1 aromatic heterocycles. The minimum Gasteiger partial charge on any atom is -0.338 e. The van der Waals surface area contributed by atoms with Gasteiger partial charge < -0.3 is 10.2 Å². The molecule has 2 heterocycles. The second kappa shape index (κ2) is 9.00. The number of amides is 2. The summed E-state index contributed by atoms with van der Waals surface area (Å²) in [5, 5.41) is 3.10. The second-order valence-electron chi connectivity index (χ2n) is 7.70. The summed E-state index contributed by atoms with van der Waals surface area (Å²) < 4.78 is 13.6. The van der Waals surface area contributed by atoms with E-state index in [9.17, 15) is 9.18 Å². The predicted octanol–water partition coefficient (Wildman–Crippen LogP) is 5.66. The van der Waals surface area contributed by atoms with Crippen LogP contribution >= 0.6 is 11.3 Å². The minimum absolute atomic E-state index is 0.0602. The smallest absolute Gasteiger partial charge is 0.318 e. The summed E-state index contributed by atoms with van der Waals surface area (Å²) in [5.41, 5.74) is 4.95. The lowest BCUT2D eigenvalue weighted by atomic mass is 9.92. The largest absolute Gasteiger partial charge is 0.338 e. The van der Waals surface area contributed by atoms with Gasteiger partial charge in [0, 0.05) is 22.8 Å². The zero-order valence-electron chi connectivity index (χ0n) is 17.5. The average molecular weight is 423 g/mol. The van der Waals surface area contributed by atoms with Crippen molar-refractivity contribution in [3.8, 4) is 0 Å². The van der Waals surface area contributed by atoms with E-state index in [-0.39, 0.29) is 17.9 Å². The Labute approximate surface area is 181 Å². The Morgan fingerprint density at radius 3 is 2.60 bits per heavy atom. The molecule has 0 saturated carbocycles. The van der Waals surface area contributed by atoms with E-state index >= 15 is 0 Å². The number of rotatable bonds is 5. The molecule has 2 amide bonds. The molecule has 0 unspecified atom stereocenters. The quantitative estimate of drug-likeness (QED) is 0.565. The van der Waals surface area contributed by atoms with Crippen LogP contribution in [0.5, 0.6) is 0 Å². The van der Waals surface area contributed by atoms with Crippen molar-refractivity contribution in [1.29, 1.82) is 0 Å². The summed E-state index contributed by atoms with van der Waals surface area (Å²) >= 11 is 1.77. The summed E-state index contributed by atoms with van der Waals surface area (Å²) in [7, 11) is 0. The zero-order valence-corrected chi connectivity index (χ0v) is 18.3. The maximum absolute atomic E-state index is 13.6. The highest BCUT2D eigenvalue weighted by Gasteiger charge is 2.35. The van der Waals surface area contributed by atoms with Crippen LogP contribution in [-0.2, 0) is 19.3 Å². The molecule has 0 saturated heterocycles. The lowest BCUT2D eigenvalue weighted by molar-refractivity contribution is 0.181. The van der Waals surface area contributed by atoms with Gasteiger partial charge in [-0.05, 0) is 60.6 Å². The molecule has 0 radical (unpaired) electrons. The maximum atomic E-state index is 13.6. The van der Waals surface area contributed by atoms with Crippen molar-refractivity contribution >= 4 is 17.4 Å². The molecule has 0 spiro atoms. The fraction of sp³-hybridized carbons (Fsp3) is 0.320. The first-order valence-corrected chi connectivity index (χ1v) is 11.3. The van der Waals surface area contributed by atoms with Crippen LogP contribution in [0, 0.1) is 12.7 Å². The Morgan fingerprint density at radius 1 is 1.17 bits per heavy atom. The molecule has 156 valence electrons. The molecule has 1 N–H and O–H groups in total. The van der Waals surface area contributed by atoms with Gasteiger partial charge >= 0.3 is 6.03 Å². The van der Waals surface area contributed by atoms with Gasteiger partial charge in [0.2, 0.25) is 0 Å². The minimum atomic E-state index is -0.259. The molecule has 0 bridgehead atoms. The molecule has 30 heavy (non-hydrogen) atoms. The van der Waals surface area contributed by atoms with Gasteiger partial charge in [-0.25, -0.2) is 9.18 Å². The summed E-state index contributed by atoms with van der Waals surface area (Å²) in [6.07, 6.45) is 2.66. The lowest BCUT2D eigenvalue weighted by Gasteiger charge is -2.36. The number of carbonyl (C=O) groups is 1. The van der Waals surface area contributed by atoms with Crippen LogP contribution in [0.4, 0.5) is 9.18 Å². The fourth-order valence-corrected chi connectivity index (χ4v) is 5.81. The van der Waals surface area contributed by atoms with Crippen molar-refractivity contribution in [2.45, 2.75) is 39.2 Å². The molecular weight excluding hydrogens is 395 g/mol. The monoisotopic (exact) mass is 422 g/mol. The highest BCUT2D eigenvalue weighted by molar-refractivity contribution is 7.12. The van der Waals surface area contributed by atoms with Gasteiger partial charge in [0.05, 0.1) is 6.04 Å². The number of thiophene rings is 1. The standard InChI is InChI=1S/C25H27FN2OS/c1-3-21-17(2)30-24-22(21)14-16-28(23(24)19-9-11-20(26)12-10-19)25(29)27-15-13-18-7-5-4-6-8-18/h4-12,23H,3,13-16H2,1-2H3,(H,27,29)/t23-/m0/s1. The van der Waals surface area contributed by atoms with Crippen LogP contribution in [0.15, 0.2) is 54.6 Å². The van der Waals surface area contributed by atoms with Crippen molar-refractivity contribution in [3.63, 3.8) is 0 Å². The Kier molecular flexibility index (Phi) is 6.18. The summed E-state index contributed by atoms with van der Waals surface area (Å²) in [6, 6.07) is 16.5. The first-order chi connectivity index (χ1) is 14.6. The van der Waals surface area contributed by atoms with E-state index in [0.717, 1.165) is 24.8 Å². The highest BCUT2D eigenvalue weighted by atomic mass is 32.1.